The zero-order chi connectivity index (χ0) is 13.9. The van der Waals surface area contributed by atoms with E-state index in [1.807, 2.05) is 36.4 Å². The van der Waals surface area contributed by atoms with E-state index in [1.54, 1.807) is 7.11 Å². The van der Waals surface area contributed by atoms with Crippen LogP contribution in [-0.2, 0) is 12.8 Å². The highest BCUT2D eigenvalue weighted by atomic mass is 16.5. The summed E-state index contributed by atoms with van der Waals surface area (Å²) < 4.78 is 5.24. The van der Waals surface area contributed by atoms with Crippen LogP contribution in [0.15, 0.2) is 48.5 Å². The van der Waals surface area contributed by atoms with E-state index >= 15 is 0 Å². The number of aryl methyl sites for hydroxylation is 1. The minimum Gasteiger partial charge on any atom is -0.497 e. The van der Waals surface area contributed by atoms with Crippen molar-refractivity contribution in [2.45, 2.75) is 19.3 Å². The molecular formula is C18H18O2. The largest absolute Gasteiger partial charge is 0.497 e. The van der Waals surface area contributed by atoms with Gasteiger partial charge in [0.2, 0.25) is 0 Å². The smallest absolute Gasteiger partial charge is 0.166 e. The molecule has 1 aliphatic carbocycles. The maximum Gasteiger partial charge on any atom is 0.166 e. The summed E-state index contributed by atoms with van der Waals surface area (Å²) in [6.45, 7) is 0. The number of benzene rings is 2. The molecule has 2 nitrogen and oxygen atoms in total. The SMILES string of the molecule is COc1cccc(C[C@@H]2CCc3ccccc3C2=O)c1. The molecule has 0 radical (unpaired) electrons. The number of ketones is 1. The molecule has 0 aromatic heterocycles. The van der Waals surface area contributed by atoms with Crippen LogP contribution in [0.5, 0.6) is 5.75 Å². The first-order valence-corrected chi connectivity index (χ1v) is 7.03. The number of fused-ring (bicyclic) bond motifs is 1. The fourth-order valence-corrected chi connectivity index (χ4v) is 2.94. The molecule has 0 N–H and O–H groups in total. The summed E-state index contributed by atoms with van der Waals surface area (Å²) in [5.74, 6) is 1.23. The van der Waals surface area contributed by atoms with Gasteiger partial charge in [0.15, 0.2) is 5.78 Å². The molecule has 0 aliphatic heterocycles. The molecule has 2 heteroatoms. The molecule has 0 spiro atoms. The number of carbonyl (C=O) groups excluding carboxylic acids is 1. The van der Waals surface area contributed by atoms with Crippen molar-refractivity contribution in [1.29, 1.82) is 0 Å². The number of carbonyl (C=O) groups is 1. The van der Waals surface area contributed by atoms with E-state index in [-0.39, 0.29) is 11.7 Å². The van der Waals surface area contributed by atoms with Crippen LogP contribution in [0.4, 0.5) is 0 Å². The lowest BCUT2D eigenvalue weighted by Crippen LogP contribution is -2.24. The van der Waals surface area contributed by atoms with Crippen LogP contribution in [0.25, 0.3) is 0 Å². The summed E-state index contributed by atoms with van der Waals surface area (Å²) in [5, 5.41) is 0. The Morgan fingerprint density at radius 2 is 2.00 bits per heavy atom. The van der Waals surface area contributed by atoms with Gasteiger partial charge < -0.3 is 4.74 Å². The van der Waals surface area contributed by atoms with Crippen molar-refractivity contribution in [2.24, 2.45) is 5.92 Å². The van der Waals surface area contributed by atoms with E-state index in [4.69, 9.17) is 4.74 Å². The number of hydrogen-bond acceptors (Lipinski definition) is 2. The van der Waals surface area contributed by atoms with Crippen molar-refractivity contribution in [3.63, 3.8) is 0 Å². The van der Waals surface area contributed by atoms with E-state index in [0.717, 1.165) is 30.6 Å². The molecule has 0 fully saturated rings. The standard InChI is InChI=1S/C18H18O2/c1-20-16-7-4-5-13(12-16)11-15-10-9-14-6-2-3-8-17(14)18(15)19/h2-8,12,15H,9-11H2,1H3/t15-/m0/s1. The van der Waals surface area contributed by atoms with Crippen molar-refractivity contribution in [3.05, 3.63) is 65.2 Å². The zero-order valence-corrected chi connectivity index (χ0v) is 11.6. The van der Waals surface area contributed by atoms with Gasteiger partial charge >= 0.3 is 0 Å². The van der Waals surface area contributed by atoms with Gasteiger partial charge in [0.1, 0.15) is 5.75 Å². The first-order chi connectivity index (χ1) is 9.78. The average molecular weight is 266 g/mol. The van der Waals surface area contributed by atoms with Crippen molar-refractivity contribution in [3.8, 4) is 5.75 Å². The van der Waals surface area contributed by atoms with Crippen molar-refractivity contribution < 1.29 is 9.53 Å². The van der Waals surface area contributed by atoms with Gasteiger partial charge in [-0.1, -0.05) is 36.4 Å². The van der Waals surface area contributed by atoms with E-state index in [1.165, 1.54) is 11.1 Å². The second-order valence-electron chi connectivity index (χ2n) is 5.31. The molecule has 0 heterocycles. The molecule has 2 aromatic carbocycles. The minimum atomic E-state index is 0.0945. The molecule has 0 bridgehead atoms. The molecule has 0 unspecified atom stereocenters. The molecule has 0 saturated carbocycles. The quantitative estimate of drug-likeness (QED) is 0.847. The first kappa shape index (κ1) is 12.9. The van der Waals surface area contributed by atoms with Crippen molar-refractivity contribution in [2.75, 3.05) is 7.11 Å². The van der Waals surface area contributed by atoms with E-state index in [9.17, 15) is 4.79 Å². The van der Waals surface area contributed by atoms with Gasteiger partial charge in [-0.3, -0.25) is 4.79 Å². The lowest BCUT2D eigenvalue weighted by atomic mass is 9.80. The number of hydrogen-bond donors (Lipinski definition) is 0. The molecule has 102 valence electrons. The third-order valence-corrected chi connectivity index (χ3v) is 4.03. The van der Waals surface area contributed by atoms with Crippen molar-refractivity contribution in [1.82, 2.24) is 0 Å². The number of ether oxygens (including phenoxy) is 1. The van der Waals surface area contributed by atoms with Crippen LogP contribution in [0.1, 0.15) is 27.9 Å². The van der Waals surface area contributed by atoms with Crippen LogP contribution in [0, 0.1) is 5.92 Å². The predicted octanol–water partition coefficient (Wildman–Crippen LogP) is 3.68. The van der Waals surface area contributed by atoms with E-state index in [2.05, 4.69) is 12.1 Å². The maximum absolute atomic E-state index is 12.5. The van der Waals surface area contributed by atoms with Gasteiger partial charge in [-0.2, -0.15) is 0 Å². The van der Waals surface area contributed by atoms with E-state index in [0.29, 0.717) is 0 Å². The normalized spacial score (nSPS) is 17.6. The molecule has 3 rings (SSSR count). The monoisotopic (exact) mass is 266 g/mol. The molecule has 1 atom stereocenters. The third-order valence-electron chi connectivity index (χ3n) is 4.03. The first-order valence-electron chi connectivity index (χ1n) is 7.03. The highest BCUT2D eigenvalue weighted by Crippen LogP contribution is 2.28. The van der Waals surface area contributed by atoms with Crippen molar-refractivity contribution >= 4 is 5.78 Å². The Bertz CT molecular complexity index is 631. The molecule has 20 heavy (non-hydrogen) atoms. The third kappa shape index (κ3) is 2.46. The number of Topliss-reactive ketones (excluding diaryl/α,β-unsaturated/α-hetero) is 1. The van der Waals surface area contributed by atoms with Gasteiger partial charge in [-0.15, -0.1) is 0 Å². The molecular weight excluding hydrogens is 248 g/mol. The van der Waals surface area contributed by atoms with Crippen LogP contribution in [-0.4, -0.2) is 12.9 Å². The molecule has 2 aromatic rings. The molecule has 0 saturated heterocycles. The maximum atomic E-state index is 12.5. The fourth-order valence-electron chi connectivity index (χ4n) is 2.94. The minimum absolute atomic E-state index is 0.0945. The summed E-state index contributed by atoms with van der Waals surface area (Å²) in [5.41, 5.74) is 3.27. The average Bonchev–Trinajstić information content (AvgIpc) is 2.50. The summed E-state index contributed by atoms with van der Waals surface area (Å²) in [6, 6.07) is 16.0. The second kappa shape index (κ2) is 5.49. The highest BCUT2D eigenvalue weighted by molar-refractivity contribution is 6.00. The summed E-state index contributed by atoms with van der Waals surface area (Å²) in [6.07, 6.45) is 2.73. The van der Waals surface area contributed by atoms with Crippen LogP contribution in [0.3, 0.4) is 0 Å². The molecule has 1 aliphatic rings. The van der Waals surface area contributed by atoms with Gasteiger partial charge in [0.25, 0.3) is 0 Å². The van der Waals surface area contributed by atoms with Crippen LogP contribution >= 0.6 is 0 Å². The summed E-state index contributed by atoms with van der Waals surface area (Å²) in [7, 11) is 1.67. The fraction of sp³-hybridized carbons (Fsp3) is 0.278. The van der Waals surface area contributed by atoms with Crippen LogP contribution in [0.2, 0.25) is 0 Å². The second-order valence-corrected chi connectivity index (χ2v) is 5.31. The number of methoxy groups -OCH3 is 1. The molecule has 0 amide bonds. The number of rotatable bonds is 3. The Hall–Kier alpha value is -2.09. The Kier molecular flexibility index (Phi) is 3.55. The lowest BCUT2D eigenvalue weighted by molar-refractivity contribution is 0.0901. The lowest BCUT2D eigenvalue weighted by Gasteiger charge is -2.23. The Morgan fingerprint density at radius 3 is 2.85 bits per heavy atom. The van der Waals surface area contributed by atoms with Crippen LogP contribution < -0.4 is 4.74 Å². The zero-order valence-electron chi connectivity index (χ0n) is 11.6. The topological polar surface area (TPSA) is 26.3 Å². The predicted molar refractivity (Wildman–Crippen MR) is 79.3 cm³/mol. The highest BCUT2D eigenvalue weighted by Gasteiger charge is 2.26. The Balaban J connectivity index is 1.81. The summed E-state index contributed by atoms with van der Waals surface area (Å²) >= 11 is 0. The van der Waals surface area contributed by atoms with Gasteiger partial charge in [-0.25, -0.2) is 0 Å². The van der Waals surface area contributed by atoms with Gasteiger partial charge in [0, 0.05) is 11.5 Å². The Morgan fingerprint density at radius 1 is 1.15 bits per heavy atom. The van der Waals surface area contributed by atoms with E-state index < -0.39 is 0 Å². The summed E-state index contributed by atoms with van der Waals surface area (Å²) in [4.78, 5) is 12.5. The Labute approximate surface area is 119 Å². The van der Waals surface area contributed by atoms with Gasteiger partial charge in [0.05, 0.1) is 7.11 Å². The van der Waals surface area contributed by atoms with Gasteiger partial charge in [-0.05, 0) is 42.5 Å².